The first-order chi connectivity index (χ1) is 14.4. The Kier molecular flexibility index (Phi) is 5.69. The zero-order chi connectivity index (χ0) is 21.1. The van der Waals surface area contributed by atoms with Gasteiger partial charge in [-0.2, -0.15) is 9.40 Å². The van der Waals surface area contributed by atoms with Gasteiger partial charge in [-0.3, -0.25) is 4.79 Å². The molecule has 0 spiro atoms. The molecule has 0 aliphatic carbocycles. The topological polar surface area (TPSA) is 84.3 Å². The maximum Gasteiger partial charge on any atom is 0.256 e. The van der Waals surface area contributed by atoms with Crippen LogP contribution in [0.5, 0.6) is 0 Å². The zero-order valence-electron chi connectivity index (χ0n) is 16.8. The summed E-state index contributed by atoms with van der Waals surface area (Å²) in [6.45, 7) is 3.51. The van der Waals surface area contributed by atoms with E-state index in [1.807, 2.05) is 43.3 Å². The molecule has 0 atom stereocenters. The third-order valence-electron chi connectivity index (χ3n) is 5.14. The molecule has 0 saturated carbocycles. The first kappa shape index (κ1) is 20.3. The average molecular weight is 425 g/mol. The second kappa shape index (κ2) is 8.41. The highest BCUT2D eigenvalue weighted by Crippen LogP contribution is 2.21. The van der Waals surface area contributed by atoms with Gasteiger partial charge >= 0.3 is 0 Å². The summed E-state index contributed by atoms with van der Waals surface area (Å²) in [6, 6.07) is 17.8. The fourth-order valence-corrected chi connectivity index (χ4v) is 5.08. The normalized spacial score (nSPS) is 14.7. The maximum absolute atomic E-state index is 12.7. The van der Waals surface area contributed by atoms with Gasteiger partial charge in [0.15, 0.2) is 0 Å². The largest absolute Gasteiger partial charge is 0.307 e. The number of benzene rings is 2. The van der Waals surface area contributed by atoms with E-state index in [-0.39, 0.29) is 10.8 Å². The summed E-state index contributed by atoms with van der Waals surface area (Å²) < 4.78 is 28.5. The van der Waals surface area contributed by atoms with Crippen LogP contribution in [0.1, 0.15) is 34.5 Å². The number of nitrogens with zero attached hydrogens (tertiary/aromatic N) is 3. The zero-order valence-corrected chi connectivity index (χ0v) is 17.6. The lowest BCUT2D eigenvalue weighted by Crippen LogP contribution is -2.27. The van der Waals surface area contributed by atoms with Gasteiger partial charge in [-0.1, -0.05) is 30.3 Å². The van der Waals surface area contributed by atoms with Crippen LogP contribution in [-0.2, 0) is 16.6 Å². The van der Waals surface area contributed by atoms with Gasteiger partial charge in [-0.25, -0.2) is 13.1 Å². The van der Waals surface area contributed by atoms with Gasteiger partial charge in [-0.15, -0.1) is 0 Å². The van der Waals surface area contributed by atoms with Crippen LogP contribution in [0.3, 0.4) is 0 Å². The van der Waals surface area contributed by atoms with Gasteiger partial charge < -0.3 is 5.32 Å². The van der Waals surface area contributed by atoms with Gasteiger partial charge in [0.1, 0.15) is 5.82 Å². The van der Waals surface area contributed by atoms with Crippen molar-refractivity contribution in [3.05, 3.63) is 77.5 Å². The van der Waals surface area contributed by atoms with Gasteiger partial charge in [0.05, 0.1) is 17.1 Å². The molecule has 8 heteroatoms. The Morgan fingerprint density at radius 1 is 1.03 bits per heavy atom. The standard InChI is InChI=1S/C22H24N4O3S/c1-17-15-21(26(24-17)16-18-7-3-2-4-8-18)23-22(27)19-9-11-20(12-10-19)30(28,29)25-13-5-6-14-25/h2-4,7-12,15H,5-6,13-14,16H2,1H3,(H,23,27). The van der Waals surface area contributed by atoms with E-state index in [1.54, 1.807) is 16.8 Å². The van der Waals surface area contributed by atoms with Crippen molar-refractivity contribution in [1.82, 2.24) is 14.1 Å². The number of rotatable bonds is 6. The lowest BCUT2D eigenvalue weighted by atomic mass is 10.2. The smallest absolute Gasteiger partial charge is 0.256 e. The molecule has 0 unspecified atom stereocenters. The van der Waals surface area contributed by atoms with E-state index in [4.69, 9.17) is 0 Å². The molecule has 156 valence electrons. The fourth-order valence-electron chi connectivity index (χ4n) is 3.57. The number of aryl methyl sites for hydroxylation is 1. The van der Waals surface area contributed by atoms with Gasteiger partial charge in [0, 0.05) is 24.7 Å². The van der Waals surface area contributed by atoms with Crippen LogP contribution in [0.4, 0.5) is 5.82 Å². The first-order valence-electron chi connectivity index (χ1n) is 9.93. The number of sulfonamides is 1. The molecular formula is C22H24N4O3S. The maximum atomic E-state index is 12.7. The third-order valence-corrected chi connectivity index (χ3v) is 7.05. The van der Waals surface area contributed by atoms with Crippen molar-refractivity contribution < 1.29 is 13.2 Å². The van der Waals surface area contributed by atoms with Crippen LogP contribution in [0.15, 0.2) is 65.6 Å². The molecule has 1 N–H and O–H groups in total. The third kappa shape index (κ3) is 4.29. The molecule has 0 radical (unpaired) electrons. The van der Waals surface area contributed by atoms with Crippen LogP contribution in [-0.4, -0.2) is 41.5 Å². The van der Waals surface area contributed by atoms with E-state index >= 15 is 0 Å². The summed E-state index contributed by atoms with van der Waals surface area (Å²) in [5.74, 6) is 0.282. The molecule has 1 amide bonds. The number of nitrogens with one attached hydrogen (secondary N) is 1. The minimum absolute atomic E-state index is 0.214. The Bertz CT molecular complexity index is 1130. The summed E-state index contributed by atoms with van der Waals surface area (Å²) in [7, 11) is -3.49. The predicted molar refractivity (Wildman–Crippen MR) is 115 cm³/mol. The Hall–Kier alpha value is -2.97. The highest BCUT2D eigenvalue weighted by molar-refractivity contribution is 7.89. The van der Waals surface area contributed by atoms with Crippen molar-refractivity contribution in [3.63, 3.8) is 0 Å². The number of carbonyl (C=O) groups excluding carboxylic acids is 1. The van der Waals surface area contributed by atoms with Crippen LogP contribution in [0, 0.1) is 6.92 Å². The van der Waals surface area contributed by atoms with E-state index in [9.17, 15) is 13.2 Å². The molecule has 4 rings (SSSR count). The minimum atomic E-state index is -3.49. The Morgan fingerprint density at radius 3 is 2.37 bits per heavy atom. The van der Waals surface area contributed by atoms with Crippen LogP contribution >= 0.6 is 0 Å². The number of hydrogen-bond acceptors (Lipinski definition) is 4. The molecule has 0 bridgehead atoms. The number of amides is 1. The summed E-state index contributed by atoms with van der Waals surface area (Å²) in [5.41, 5.74) is 2.27. The Morgan fingerprint density at radius 2 is 1.70 bits per heavy atom. The molecule has 2 aromatic carbocycles. The molecule has 1 fully saturated rings. The summed E-state index contributed by atoms with van der Waals surface area (Å²) in [4.78, 5) is 12.9. The molecule has 2 heterocycles. The number of anilines is 1. The highest BCUT2D eigenvalue weighted by atomic mass is 32.2. The monoisotopic (exact) mass is 424 g/mol. The summed E-state index contributed by atoms with van der Waals surface area (Å²) in [5, 5.41) is 7.34. The first-order valence-corrected chi connectivity index (χ1v) is 11.4. The van der Waals surface area contributed by atoms with Crippen LogP contribution in [0.2, 0.25) is 0 Å². The van der Waals surface area contributed by atoms with E-state index < -0.39 is 10.0 Å². The van der Waals surface area contributed by atoms with E-state index in [2.05, 4.69) is 10.4 Å². The van der Waals surface area contributed by atoms with E-state index in [1.165, 1.54) is 16.4 Å². The number of carbonyl (C=O) groups is 1. The van der Waals surface area contributed by atoms with Crippen molar-refractivity contribution in [1.29, 1.82) is 0 Å². The second-order valence-corrected chi connectivity index (χ2v) is 9.34. The van der Waals surface area contributed by atoms with Crippen molar-refractivity contribution in [2.45, 2.75) is 31.2 Å². The Labute approximate surface area is 176 Å². The molecular weight excluding hydrogens is 400 g/mol. The van der Waals surface area contributed by atoms with Crippen molar-refractivity contribution >= 4 is 21.7 Å². The lowest BCUT2D eigenvalue weighted by Gasteiger charge is -2.15. The summed E-state index contributed by atoms with van der Waals surface area (Å²) >= 11 is 0. The molecule has 1 saturated heterocycles. The molecule has 30 heavy (non-hydrogen) atoms. The number of hydrogen-bond donors (Lipinski definition) is 1. The molecule has 1 aliphatic rings. The lowest BCUT2D eigenvalue weighted by molar-refractivity contribution is 0.102. The van der Waals surface area contributed by atoms with Gasteiger partial charge in [0.25, 0.3) is 5.91 Å². The molecule has 1 aliphatic heterocycles. The summed E-state index contributed by atoms with van der Waals surface area (Å²) in [6.07, 6.45) is 1.77. The molecule has 3 aromatic rings. The van der Waals surface area contributed by atoms with Gasteiger partial charge in [-0.05, 0) is 49.6 Å². The SMILES string of the molecule is Cc1cc(NC(=O)c2ccc(S(=O)(=O)N3CCCC3)cc2)n(Cc2ccccc2)n1. The quantitative estimate of drug-likeness (QED) is 0.658. The van der Waals surface area contributed by atoms with Crippen molar-refractivity contribution in [2.75, 3.05) is 18.4 Å². The van der Waals surface area contributed by atoms with Gasteiger partial charge in [0.2, 0.25) is 10.0 Å². The Balaban J connectivity index is 1.49. The molecule has 1 aromatic heterocycles. The predicted octanol–water partition coefficient (Wildman–Crippen LogP) is 3.28. The fraction of sp³-hybridized carbons (Fsp3) is 0.273. The van der Waals surface area contributed by atoms with Crippen LogP contribution in [0.25, 0.3) is 0 Å². The van der Waals surface area contributed by atoms with E-state index in [0.29, 0.717) is 31.0 Å². The number of aromatic nitrogens is 2. The van der Waals surface area contributed by atoms with Crippen molar-refractivity contribution in [2.24, 2.45) is 0 Å². The average Bonchev–Trinajstić information content (AvgIpc) is 3.40. The van der Waals surface area contributed by atoms with Crippen LogP contribution < -0.4 is 5.32 Å². The second-order valence-electron chi connectivity index (χ2n) is 7.40. The molecule has 7 nitrogen and oxygen atoms in total. The van der Waals surface area contributed by atoms with E-state index in [0.717, 1.165) is 24.1 Å². The highest BCUT2D eigenvalue weighted by Gasteiger charge is 2.27. The minimum Gasteiger partial charge on any atom is -0.307 e. The van der Waals surface area contributed by atoms with Crippen molar-refractivity contribution in [3.8, 4) is 0 Å².